The quantitative estimate of drug-likeness (QED) is 0.576. The summed E-state index contributed by atoms with van der Waals surface area (Å²) in [5.74, 6) is 6.38. The van der Waals surface area contributed by atoms with E-state index in [1.165, 1.54) is 0 Å². The molecular formula is C28H28N2O3S. The molecule has 3 aliphatic heterocycles. The van der Waals surface area contributed by atoms with E-state index in [1.54, 1.807) is 36.5 Å². The number of hydrogen-bond donors (Lipinski definition) is 1. The van der Waals surface area contributed by atoms with E-state index in [1.807, 2.05) is 36.4 Å². The molecule has 0 radical (unpaired) electrons. The van der Waals surface area contributed by atoms with Crippen molar-refractivity contribution in [2.45, 2.75) is 35.5 Å². The molecule has 1 unspecified atom stereocenters. The van der Waals surface area contributed by atoms with E-state index in [4.69, 9.17) is 0 Å². The maximum Gasteiger partial charge on any atom is 0.182 e. The van der Waals surface area contributed by atoms with Crippen molar-refractivity contribution in [1.82, 2.24) is 9.88 Å². The van der Waals surface area contributed by atoms with Crippen LogP contribution in [0.25, 0.3) is 0 Å². The molecule has 0 saturated carbocycles. The minimum Gasteiger partial charge on any atom is -0.376 e. The van der Waals surface area contributed by atoms with Crippen LogP contribution in [0, 0.1) is 17.8 Å². The number of piperidine rings is 3. The Labute approximate surface area is 201 Å². The summed E-state index contributed by atoms with van der Waals surface area (Å²) in [4.78, 5) is 7.13. The second kappa shape index (κ2) is 9.34. The first kappa shape index (κ1) is 22.8. The highest BCUT2D eigenvalue weighted by molar-refractivity contribution is 7.90. The summed E-state index contributed by atoms with van der Waals surface area (Å²) in [5, 5.41) is 11.2. The van der Waals surface area contributed by atoms with Crippen LogP contribution in [-0.4, -0.2) is 48.6 Å². The van der Waals surface area contributed by atoms with E-state index in [0.717, 1.165) is 37.1 Å². The molecular weight excluding hydrogens is 444 g/mol. The average Bonchev–Trinajstić information content (AvgIpc) is 2.85. The van der Waals surface area contributed by atoms with Crippen LogP contribution in [0.3, 0.4) is 0 Å². The van der Waals surface area contributed by atoms with Crippen LogP contribution >= 0.6 is 0 Å². The van der Waals surface area contributed by atoms with Gasteiger partial charge in [0, 0.05) is 25.1 Å². The second-order valence-corrected chi connectivity index (χ2v) is 11.3. The molecule has 3 saturated heterocycles. The van der Waals surface area contributed by atoms with Crippen molar-refractivity contribution in [3.05, 3.63) is 95.3 Å². The number of hydrogen-bond acceptors (Lipinski definition) is 5. The molecule has 3 aromatic rings. The van der Waals surface area contributed by atoms with Crippen molar-refractivity contribution in [3.8, 4) is 11.8 Å². The highest BCUT2D eigenvalue weighted by Gasteiger charge is 2.44. The summed E-state index contributed by atoms with van der Waals surface area (Å²) in [6, 6.07) is 20.4. The van der Waals surface area contributed by atoms with Crippen molar-refractivity contribution >= 4 is 9.84 Å². The van der Waals surface area contributed by atoms with Gasteiger partial charge in [0.1, 0.15) is 11.3 Å². The molecule has 34 heavy (non-hydrogen) atoms. The highest BCUT2D eigenvalue weighted by atomic mass is 32.2. The van der Waals surface area contributed by atoms with Gasteiger partial charge in [0.2, 0.25) is 0 Å². The largest absolute Gasteiger partial charge is 0.376 e. The number of fused-ring (bicyclic) bond motifs is 3. The Kier molecular flexibility index (Phi) is 6.26. The Morgan fingerprint density at radius 3 is 2.32 bits per heavy atom. The first-order chi connectivity index (χ1) is 16.4. The van der Waals surface area contributed by atoms with E-state index in [-0.39, 0.29) is 11.7 Å². The van der Waals surface area contributed by atoms with Gasteiger partial charge in [-0.05, 0) is 60.7 Å². The maximum absolute atomic E-state index is 12.9. The number of benzene rings is 2. The number of nitrogens with zero attached hydrogens (tertiary/aromatic N) is 2. The summed E-state index contributed by atoms with van der Waals surface area (Å²) in [6.45, 7) is 2.62. The molecule has 2 bridgehead atoms. The standard InChI is InChI=1S/C28H28N2O3S/c31-28(21-30-15-12-25(28)13-16-30)14-11-27-24(17-22-7-3-1-4-8-22)18-23(19-29-27)20-34(32,33)26-9-5-2-6-10-26/h1-10,18-19,25,31H,12-13,15-17,20-21H2. The number of aromatic nitrogens is 1. The maximum atomic E-state index is 12.9. The molecule has 0 amide bonds. The summed E-state index contributed by atoms with van der Waals surface area (Å²) in [6.07, 6.45) is 4.11. The van der Waals surface area contributed by atoms with E-state index in [9.17, 15) is 13.5 Å². The zero-order valence-corrected chi connectivity index (χ0v) is 19.8. The summed E-state index contributed by atoms with van der Waals surface area (Å²) >= 11 is 0. The predicted octanol–water partition coefficient (Wildman–Crippen LogP) is 3.45. The molecule has 0 aliphatic carbocycles. The molecule has 174 valence electrons. The van der Waals surface area contributed by atoms with Crippen molar-refractivity contribution in [1.29, 1.82) is 0 Å². The smallest absolute Gasteiger partial charge is 0.182 e. The van der Waals surface area contributed by atoms with Gasteiger partial charge < -0.3 is 5.11 Å². The fraction of sp³-hybridized carbons (Fsp3) is 0.321. The van der Waals surface area contributed by atoms with Crippen molar-refractivity contribution in [2.24, 2.45) is 5.92 Å². The summed E-state index contributed by atoms with van der Waals surface area (Å²) in [7, 11) is -3.48. The predicted molar refractivity (Wildman–Crippen MR) is 132 cm³/mol. The average molecular weight is 473 g/mol. The van der Waals surface area contributed by atoms with Gasteiger partial charge in [0.05, 0.1) is 10.6 Å². The topological polar surface area (TPSA) is 70.5 Å². The van der Waals surface area contributed by atoms with Crippen LogP contribution in [0.15, 0.2) is 77.8 Å². The van der Waals surface area contributed by atoms with Crippen molar-refractivity contribution in [3.63, 3.8) is 0 Å². The Balaban J connectivity index is 1.47. The molecule has 3 aliphatic rings. The normalized spacial score (nSPS) is 23.8. The molecule has 3 fully saturated rings. The van der Waals surface area contributed by atoms with E-state index < -0.39 is 15.4 Å². The van der Waals surface area contributed by atoms with Crippen LogP contribution in [0.2, 0.25) is 0 Å². The third-order valence-electron chi connectivity index (χ3n) is 6.84. The minimum absolute atomic E-state index is 0.125. The molecule has 2 aromatic carbocycles. The Morgan fingerprint density at radius 2 is 1.68 bits per heavy atom. The van der Waals surface area contributed by atoms with Crippen molar-refractivity contribution < 1.29 is 13.5 Å². The highest BCUT2D eigenvalue weighted by Crippen LogP contribution is 2.35. The van der Waals surface area contributed by atoms with Crippen LogP contribution < -0.4 is 0 Å². The van der Waals surface area contributed by atoms with Gasteiger partial charge in [-0.2, -0.15) is 0 Å². The summed E-state index contributed by atoms with van der Waals surface area (Å²) in [5.41, 5.74) is 2.16. The van der Waals surface area contributed by atoms with Gasteiger partial charge in [-0.25, -0.2) is 13.4 Å². The van der Waals surface area contributed by atoms with Crippen LogP contribution in [-0.2, 0) is 22.0 Å². The van der Waals surface area contributed by atoms with Gasteiger partial charge in [-0.3, -0.25) is 4.90 Å². The molecule has 5 nitrogen and oxygen atoms in total. The first-order valence-electron chi connectivity index (χ1n) is 11.7. The molecule has 6 rings (SSSR count). The lowest BCUT2D eigenvalue weighted by molar-refractivity contribution is -0.0713. The van der Waals surface area contributed by atoms with E-state index >= 15 is 0 Å². The van der Waals surface area contributed by atoms with Gasteiger partial charge in [-0.1, -0.05) is 60.5 Å². The Bertz CT molecular complexity index is 1320. The second-order valence-electron chi connectivity index (χ2n) is 9.31. The van der Waals surface area contributed by atoms with Gasteiger partial charge in [0.25, 0.3) is 0 Å². The monoisotopic (exact) mass is 472 g/mol. The molecule has 1 atom stereocenters. The van der Waals surface area contributed by atoms with Gasteiger partial charge >= 0.3 is 0 Å². The first-order valence-corrected chi connectivity index (χ1v) is 13.3. The SMILES string of the molecule is O=S(=O)(Cc1cnc(C#CC2(O)CN3CCC2CC3)c(Cc2ccccc2)c1)c1ccccc1. The van der Waals surface area contributed by atoms with Gasteiger partial charge in [0.15, 0.2) is 9.84 Å². The van der Waals surface area contributed by atoms with Crippen molar-refractivity contribution in [2.75, 3.05) is 19.6 Å². The van der Waals surface area contributed by atoms with Crippen LogP contribution in [0.1, 0.15) is 35.2 Å². The molecule has 1 N–H and O–H groups in total. The third kappa shape index (κ3) is 4.92. The molecule has 0 spiro atoms. The molecule has 4 heterocycles. The Morgan fingerprint density at radius 1 is 1.00 bits per heavy atom. The number of sulfone groups is 1. The zero-order valence-electron chi connectivity index (χ0n) is 19.0. The van der Waals surface area contributed by atoms with Gasteiger partial charge in [-0.15, -0.1) is 0 Å². The fourth-order valence-corrected chi connectivity index (χ4v) is 6.32. The lowest BCUT2D eigenvalue weighted by Crippen LogP contribution is -2.58. The number of rotatable bonds is 5. The zero-order chi connectivity index (χ0) is 23.6. The molecule has 6 heteroatoms. The van der Waals surface area contributed by atoms with E-state index in [0.29, 0.717) is 29.1 Å². The van der Waals surface area contributed by atoms with Crippen LogP contribution in [0.5, 0.6) is 0 Å². The minimum atomic E-state index is -3.48. The summed E-state index contributed by atoms with van der Waals surface area (Å²) < 4.78 is 25.8. The fourth-order valence-electron chi connectivity index (χ4n) is 4.98. The van der Waals surface area contributed by atoms with E-state index in [2.05, 4.69) is 21.7 Å². The lowest BCUT2D eigenvalue weighted by atomic mass is 9.76. The van der Waals surface area contributed by atoms with Crippen LogP contribution in [0.4, 0.5) is 0 Å². The lowest BCUT2D eigenvalue weighted by Gasteiger charge is -2.47. The number of pyridine rings is 1. The third-order valence-corrected chi connectivity index (χ3v) is 8.55. The molecule has 1 aromatic heterocycles. The number of aliphatic hydroxyl groups is 1. The Hall–Kier alpha value is -2.98.